The Morgan fingerprint density at radius 3 is 2.50 bits per heavy atom. The molecule has 0 aromatic heterocycles. The number of hydrogen-bond donors (Lipinski definition) is 2. The van der Waals surface area contributed by atoms with Gasteiger partial charge in [-0.25, -0.2) is 0 Å². The summed E-state index contributed by atoms with van der Waals surface area (Å²) in [5.41, 5.74) is 2.81. The second kappa shape index (κ2) is 6.60. The van der Waals surface area contributed by atoms with Gasteiger partial charge in [0, 0.05) is 39.5 Å². The maximum Gasteiger partial charge on any atom is 0.249 e. The molecule has 3 amide bonds. The average Bonchev–Trinajstić information content (AvgIpc) is 2.48. The number of nitrogens with one attached hydrogen (secondary N) is 2. The van der Waals surface area contributed by atoms with Gasteiger partial charge in [0.1, 0.15) is 6.04 Å². The molecule has 0 saturated carbocycles. The van der Waals surface area contributed by atoms with Crippen LogP contribution in [0.5, 0.6) is 0 Å². The number of carbonyl (C=O) groups excluding carboxylic acids is 3. The van der Waals surface area contributed by atoms with Crippen LogP contribution in [0.1, 0.15) is 24.3 Å². The summed E-state index contributed by atoms with van der Waals surface area (Å²) in [6.45, 7) is 1.81. The van der Waals surface area contributed by atoms with Gasteiger partial charge in [0.15, 0.2) is 0 Å². The molecule has 2 aliphatic heterocycles. The van der Waals surface area contributed by atoms with Crippen molar-refractivity contribution in [3.63, 3.8) is 0 Å². The van der Waals surface area contributed by atoms with E-state index in [2.05, 4.69) is 16.7 Å². The van der Waals surface area contributed by atoms with Gasteiger partial charge in [-0.2, -0.15) is 0 Å². The molecule has 2 fully saturated rings. The Balaban J connectivity index is 2.01. The van der Waals surface area contributed by atoms with Gasteiger partial charge in [0.05, 0.1) is 11.4 Å². The van der Waals surface area contributed by atoms with Crippen LogP contribution in [0.15, 0.2) is 18.2 Å². The highest BCUT2D eigenvalue weighted by atomic mass is 16.2. The van der Waals surface area contributed by atoms with Crippen LogP contribution in [0.4, 0.5) is 11.4 Å². The zero-order valence-electron chi connectivity index (χ0n) is 13.9. The summed E-state index contributed by atoms with van der Waals surface area (Å²) in [6.07, 6.45) is 1.26. The molecule has 0 aliphatic carbocycles. The number of carbonyl (C=O) groups is 3. The van der Waals surface area contributed by atoms with Crippen LogP contribution in [0.3, 0.4) is 0 Å². The molecule has 1 unspecified atom stereocenters. The molecule has 0 radical (unpaired) electrons. The lowest BCUT2D eigenvalue weighted by Gasteiger charge is -2.36. The summed E-state index contributed by atoms with van der Waals surface area (Å²) >= 11 is 0. The van der Waals surface area contributed by atoms with Crippen molar-refractivity contribution in [3.8, 4) is 0 Å². The first-order valence-corrected chi connectivity index (χ1v) is 8.11. The van der Waals surface area contributed by atoms with E-state index >= 15 is 0 Å². The minimum Gasteiger partial charge on any atom is -0.376 e. The lowest BCUT2D eigenvalue weighted by molar-refractivity contribution is -0.134. The van der Waals surface area contributed by atoms with Gasteiger partial charge >= 0.3 is 0 Å². The van der Waals surface area contributed by atoms with Crippen molar-refractivity contribution >= 4 is 29.6 Å². The van der Waals surface area contributed by atoms with Gasteiger partial charge in [0.25, 0.3) is 0 Å². The van der Waals surface area contributed by atoms with Crippen molar-refractivity contribution in [3.05, 3.63) is 23.8 Å². The van der Waals surface area contributed by atoms with Crippen LogP contribution in [-0.4, -0.2) is 51.5 Å². The molecule has 128 valence electrons. The van der Waals surface area contributed by atoms with Crippen LogP contribution >= 0.6 is 0 Å². The lowest BCUT2D eigenvalue weighted by atomic mass is 9.90. The third-order valence-corrected chi connectivity index (χ3v) is 4.65. The SMILES string of the molecule is CN(C)c1c(C2CNC2)cccc1N(C=O)C1CCC(=O)NC1=O. The summed E-state index contributed by atoms with van der Waals surface area (Å²) in [6, 6.07) is 5.17. The first-order chi connectivity index (χ1) is 11.5. The Bertz CT molecular complexity index is 670. The lowest BCUT2D eigenvalue weighted by Crippen LogP contribution is -2.52. The average molecular weight is 330 g/mol. The number of nitrogens with zero attached hydrogens (tertiary/aromatic N) is 2. The Morgan fingerprint density at radius 1 is 1.21 bits per heavy atom. The zero-order chi connectivity index (χ0) is 17.3. The number of piperidine rings is 1. The van der Waals surface area contributed by atoms with Crippen LogP contribution in [-0.2, 0) is 14.4 Å². The van der Waals surface area contributed by atoms with E-state index in [1.54, 1.807) is 0 Å². The highest BCUT2D eigenvalue weighted by Crippen LogP contribution is 2.38. The summed E-state index contributed by atoms with van der Waals surface area (Å²) < 4.78 is 0. The van der Waals surface area contributed by atoms with Gasteiger partial charge < -0.3 is 15.1 Å². The molecule has 7 heteroatoms. The van der Waals surface area contributed by atoms with Crippen molar-refractivity contribution in [2.75, 3.05) is 37.0 Å². The van der Waals surface area contributed by atoms with Crippen LogP contribution in [0.2, 0.25) is 0 Å². The molecule has 24 heavy (non-hydrogen) atoms. The summed E-state index contributed by atoms with van der Waals surface area (Å²) in [5, 5.41) is 5.58. The fourth-order valence-corrected chi connectivity index (χ4v) is 3.33. The third-order valence-electron chi connectivity index (χ3n) is 4.65. The van der Waals surface area contributed by atoms with Gasteiger partial charge in [-0.3, -0.25) is 19.7 Å². The van der Waals surface area contributed by atoms with Gasteiger partial charge in [-0.1, -0.05) is 12.1 Å². The minimum absolute atomic E-state index is 0.240. The molecule has 2 N–H and O–H groups in total. The van der Waals surface area contributed by atoms with Gasteiger partial charge in [-0.15, -0.1) is 0 Å². The number of anilines is 2. The number of hydrogen-bond acceptors (Lipinski definition) is 5. The Labute approximate surface area is 141 Å². The standard InChI is InChI=1S/C17H22N4O3/c1-20(2)16-12(11-8-18-9-11)4-3-5-13(16)21(10-22)14-6-7-15(23)19-17(14)24/h3-5,10-11,14,18H,6-9H2,1-2H3,(H,19,23,24). The predicted molar refractivity (Wildman–Crippen MR) is 91.1 cm³/mol. The molecule has 1 aromatic carbocycles. The third kappa shape index (κ3) is 2.87. The second-order valence-corrected chi connectivity index (χ2v) is 6.44. The van der Waals surface area contributed by atoms with E-state index in [0.29, 0.717) is 24.4 Å². The number of imide groups is 1. The van der Waals surface area contributed by atoms with Gasteiger partial charge in [0.2, 0.25) is 18.2 Å². The zero-order valence-corrected chi connectivity index (χ0v) is 13.9. The Morgan fingerprint density at radius 2 is 1.96 bits per heavy atom. The highest BCUT2D eigenvalue weighted by molar-refractivity contribution is 6.04. The van der Waals surface area contributed by atoms with Crippen LogP contribution in [0, 0.1) is 0 Å². The monoisotopic (exact) mass is 330 g/mol. The van der Waals surface area contributed by atoms with Crippen molar-refractivity contribution < 1.29 is 14.4 Å². The fraction of sp³-hybridized carbons (Fsp3) is 0.471. The van der Waals surface area contributed by atoms with E-state index in [0.717, 1.165) is 24.3 Å². The first-order valence-electron chi connectivity index (χ1n) is 8.11. The maximum absolute atomic E-state index is 12.2. The normalized spacial score (nSPS) is 21.0. The summed E-state index contributed by atoms with van der Waals surface area (Å²) in [5.74, 6) is -0.305. The molecule has 2 aliphatic rings. The Kier molecular flexibility index (Phi) is 4.53. The number of amides is 3. The molecule has 0 bridgehead atoms. The second-order valence-electron chi connectivity index (χ2n) is 6.44. The number of benzene rings is 1. The summed E-state index contributed by atoms with van der Waals surface area (Å²) in [4.78, 5) is 38.8. The fourth-order valence-electron chi connectivity index (χ4n) is 3.33. The number of rotatable bonds is 5. The minimum atomic E-state index is -0.659. The Hall–Kier alpha value is -2.41. The van der Waals surface area contributed by atoms with E-state index < -0.39 is 11.9 Å². The van der Waals surface area contributed by atoms with E-state index in [-0.39, 0.29) is 12.3 Å². The molecular formula is C17H22N4O3. The van der Waals surface area contributed by atoms with Crippen molar-refractivity contribution in [1.82, 2.24) is 10.6 Å². The molecule has 2 saturated heterocycles. The largest absolute Gasteiger partial charge is 0.376 e. The van der Waals surface area contributed by atoms with E-state index in [1.165, 1.54) is 4.90 Å². The molecule has 0 spiro atoms. The van der Waals surface area contributed by atoms with E-state index in [1.807, 2.05) is 31.1 Å². The van der Waals surface area contributed by atoms with Crippen molar-refractivity contribution in [2.45, 2.75) is 24.8 Å². The van der Waals surface area contributed by atoms with Gasteiger partial charge in [-0.05, 0) is 18.1 Å². The maximum atomic E-state index is 12.2. The first kappa shape index (κ1) is 16.4. The number of para-hydroxylation sites is 1. The molecule has 2 heterocycles. The quantitative estimate of drug-likeness (QED) is 0.596. The smallest absolute Gasteiger partial charge is 0.249 e. The highest BCUT2D eigenvalue weighted by Gasteiger charge is 2.34. The molecule has 1 atom stereocenters. The molecular weight excluding hydrogens is 308 g/mol. The van der Waals surface area contributed by atoms with Crippen molar-refractivity contribution in [1.29, 1.82) is 0 Å². The van der Waals surface area contributed by atoms with Crippen LogP contribution in [0.25, 0.3) is 0 Å². The molecule has 3 rings (SSSR count). The molecule has 1 aromatic rings. The van der Waals surface area contributed by atoms with Crippen LogP contribution < -0.4 is 20.4 Å². The molecule has 7 nitrogen and oxygen atoms in total. The van der Waals surface area contributed by atoms with E-state index in [4.69, 9.17) is 0 Å². The summed E-state index contributed by atoms with van der Waals surface area (Å²) in [7, 11) is 3.86. The van der Waals surface area contributed by atoms with E-state index in [9.17, 15) is 14.4 Å². The predicted octanol–water partition coefficient (Wildman–Crippen LogP) is 0.207. The van der Waals surface area contributed by atoms with Crippen molar-refractivity contribution in [2.24, 2.45) is 0 Å². The topological polar surface area (TPSA) is 81.8 Å².